The summed E-state index contributed by atoms with van der Waals surface area (Å²) in [6.45, 7) is 0.166. The highest BCUT2D eigenvalue weighted by atomic mass is 16.5. The van der Waals surface area contributed by atoms with E-state index in [-0.39, 0.29) is 17.9 Å². The number of likely N-dealkylation sites (tertiary alicyclic amines) is 1. The summed E-state index contributed by atoms with van der Waals surface area (Å²) in [5.41, 5.74) is 1.68. The number of aliphatic hydroxyl groups excluding tert-OH is 1. The summed E-state index contributed by atoms with van der Waals surface area (Å²) < 4.78 is 5.14. The van der Waals surface area contributed by atoms with Crippen molar-refractivity contribution in [2.75, 3.05) is 7.11 Å². The molecular formula is C23H19N3O4. The molecule has 3 aromatic rings. The Hall–Kier alpha value is -4.00. The Morgan fingerprint density at radius 1 is 1.07 bits per heavy atom. The summed E-state index contributed by atoms with van der Waals surface area (Å²) in [7, 11) is 1.54. The zero-order chi connectivity index (χ0) is 21.1. The first kappa shape index (κ1) is 19.3. The number of benzene rings is 1. The Balaban J connectivity index is 1.83. The first-order chi connectivity index (χ1) is 14.6. The SMILES string of the molecule is COc1ccc(/C(O)=C2\C(=O)C(=O)N(Cc3cccnc3)[C@@H]2c2ccccn2)cc1. The number of ether oxygens (including phenoxy) is 1. The van der Waals surface area contributed by atoms with Crippen LogP contribution in [-0.2, 0) is 16.1 Å². The topological polar surface area (TPSA) is 92.6 Å². The van der Waals surface area contributed by atoms with Gasteiger partial charge in [-0.05, 0) is 48.0 Å². The molecule has 150 valence electrons. The molecule has 0 aliphatic carbocycles. The maximum Gasteiger partial charge on any atom is 0.296 e. The van der Waals surface area contributed by atoms with E-state index in [2.05, 4.69) is 9.97 Å². The second-order valence-corrected chi connectivity index (χ2v) is 6.77. The van der Waals surface area contributed by atoms with E-state index in [1.807, 2.05) is 6.07 Å². The third-order valence-corrected chi connectivity index (χ3v) is 4.95. The zero-order valence-corrected chi connectivity index (χ0v) is 16.2. The first-order valence-corrected chi connectivity index (χ1v) is 9.33. The van der Waals surface area contributed by atoms with Gasteiger partial charge in [0.25, 0.3) is 11.7 Å². The number of methoxy groups -OCH3 is 1. The predicted molar refractivity (Wildman–Crippen MR) is 109 cm³/mol. The molecule has 0 spiro atoms. The highest BCUT2D eigenvalue weighted by Gasteiger charge is 2.46. The second-order valence-electron chi connectivity index (χ2n) is 6.77. The first-order valence-electron chi connectivity index (χ1n) is 9.33. The molecule has 0 saturated carbocycles. The van der Waals surface area contributed by atoms with Gasteiger partial charge in [-0.15, -0.1) is 0 Å². The van der Waals surface area contributed by atoms with Gasteiger partial charge in [0.2, 0.25) is 0 Å². The predicted octanol–water partition coefficient (Wildman–Crippen LogP) is 3.11. The molecule has 0 bridgehead atoms. The van der Waals surface area contributed by atoms with E-state index < -0.39 is 17.7 Å². The molecule has 0 unspecified atom stereocenters. The van der Waals surface area contributed by atoms with E-state index >= 15 is 0 Å². The molecular weight excluding hydrogens is 382 g/mol. The molecule has 1 amide bonds. The van der Waals surface area contributed by atoms with Crippen LogP contribution in [0.15, 0.2) is 78.8 Å². The Labute approximate surface area is 173 Å². The molecule has 1 fully saturated rings. The van der Waals surface area contributed by atoms with Crippen LogP contribution in [0.1, 0.15) is 22.9 Å². The third-order valence-electron chi connectivity index (χ3n) is 4.95. The average Bonchev–Trinajstić information content (AvgIpc) is 3.05. The molecule has 0 radical (unpaired) electrons. The Kier molecular flexibility index (Phi) is 5.26. The van der Waals surface area contributed by atoms with Crippen LogP contribution in [0.3, 0.4) is 0 Å². The summed E-state index contributed by atoms with van der Waals surface area (Å²) in [6.07, 6.45) is 4.86. The van der Waals surface area contributed by atoms with Crippen molar-refractivity contribution in [3.05, 3.63) is 95.6 Å². The summed E-state index contributed by atoms with van der Waals surface area (Å²) in [6, 6.07) is 14.7. The number of nitrogens with zero attached hydrogens (tertiary/aromatic N) is 3. The van der Waals surface area contributed by atoms with Crippen molar-refractivity contribution in [3.8, 4) is 5.75 Å². The van der Waals surface area contributed by atoms with Crippen molar-refractivity contribution >= 4 is 17.4 Å². The van der Waals surface area contributed by atoms with Gasteiger partial charge < -0.3 is 14.7 Å². The Bertz CT molecular complexity index is 1100. The Morgan fingerprint density at radius 2 is 1.87 bits per heavy atom. The summed E-state index contributed by atoms with van der Waals surface area (Å²) in [4.78, 5) is 35.7. The largest absolute Gasteiger partial charge is 0.507 e. The lowest BCUT2D eigenvalue weighted by Gasteiger charge is -2.24. The zero-order valence-electron chi connectivity index (χ0n) is 16.2. The van der Waals surface area contributed by atoms with E-state index in [1.54, 1.807) is 74.2 Å². The van der Waals surface area contributed by atoms with Crippen LogP contribution in [0.25, 0.3) is 5.76 Å². The van der Waals surface area contributed by atoms with Gasteiger partial charge >= 0.3 is 0 Å². The maximum atomic E-state index is 13.0. The number of carbonyl (C=O) groups excluding carboxylic acids is 2. The van der Waals surface area contributed by atoms with Crippen molar-refractivity contribution < 1.29 is 19.4 Å². The second kappa shape index (κ2) is 8.16. The lowest BCUT2D eigenvalue weighted by Crippen LogP contribution is -2.29. The van der Waals surface area contributed by atoms with Crippen LogP contribution in [0.5, 0.6) is 5.75 Å². The molecule has 1 aromatic carbocycles. The highest BCUT2D eigenvalue weighted by Crippen LogP contribution is 2.39. The van der Waals surface area contributed by atoms with Gasteiger partial charge in [0.05, 0.1) is 18.4 Å². The number of carbonyl (C=O) groups is 2. The van der Waals surface area contributed by atoms with Crippen LogP contribution < -0.4 is 4.74 Å². The van der Waals surface area contributed by atoms with Gasteiger partial charge in [-0.25, -0.2) is 0 Å². The quantitative estimate of drug-likeness (QED) is 0.401. The highest BCUT2D eigenvalue weighted by molar-refractivity contribution is 6.46. The normalized spacial score (nSPS) is 17.9. The average molecular weight is 401 g/mol. The van der Waals surface area contributed by atoms with Crippen molar-refractivity contribution in [1.29, 1.82) is 0 Å². The summed E-state index contributed by atoms with van der Waals surface area (Å²) >= 11 is 0. The van der Waals surface area contributed by atoms with E-state index in [1.165, 1.54) is 4.90 Å². The molecule has 1 aliphatic heterocycles. The molecule has 1 N–H and O–H groups in total. The van der Waals surface area contributed by atoms with E-state index in [0.29, 0.717) is 17.0 Å². The van der Waals surface area contributed by atoms with Crippen LogP contribution in [0.2, 0.25) is 0 Å². The smallest absolute Gasteiger partial charge is 0.296 e. The number of aliphatic hydroxyl groups is 1. The van der Waals surface area contributed by atoms with Crippen LogP contribution in [0, 0.1) is 0 Å². The number of hydrogen-bond donors (Lipinski definition) is 1. The fraction of sp³-hybridized carbons (Fsp3) is 0.130. The fourth-order valence-electron chi connectivity index (χ4n) is 3.48. The van der Waals surface area contributed by atoms with Crippen LogP contribution in [0.4, 0.5) is 0 Å². The number of hydrogen-bond acceptors (Lipinski definition) is 6. The number of rotatable bonds is 5. The Morgan fingerprint density at radius 3 is 2.50 bits per heavy atom. The van der Waals surface area contributed by atoms with Gasteiger partial charge in [0, 0.05) is 30.7 Å². The molecule has 1 aliphatic rings. The molecule has 7 nitrogen and oxygen atoms in total. The molecule has 2 aromatic heterocycles. The maximum absolute atomic E-state index is 13.0. The number of amides is 1. The van der Waals surface area contributed by atoms with Crippen molar-refractivity contribution in [1.82, 2.24) is 14.9 Å². The number of ketones is 1. The number of pyridine rings is 2. The van der Waals surface area contributed by atoms with Gasteiger partial charge in [-0.3, -0.25) is 19.6 Å². The van der Waals surface area contributed by atoms with Gasteiger partial charge in [0.1, 0.15) is 17.6 Å². The standard InChI is InChI=1S/C23H19N3O4/c1-30-17-9-7-16(8-10-17)21(27)19-20(18-6-2-3-12-25-18)26(23(29)22(19)28)14-15-5-4-11-24-13-15/h2-13,20,27H,14H2,1H3/b21-19+/t20-/m1/s1. The molecule has 4 rings (SSSR count). The van der Waals surface area contributed by atoms with Gasteiger partial charge in [-0.2, -0.15) is 0 Å². The molecule has 1 atom stereocenters. The third kappa shape index (κ3) is 3.53. The fourth-order valence-corrected chi connectivity index (χ4v) is 3.48. The van der Waals surface area contributed by atoms with E-state index in [9.17, 15) is 14.7 Å². The summed E-state index contributed by atoms with van der Waals surface area (Å²) in [5.74, 6) is -1.07. The molecule has 7 heteroatoms. The number of Topliss-reactive ketones (excluding diaryl/α,β-unsaturated/α-hetero) is 1. The van der Waals surface area contributed by atoms with Crippen LogP contribution >= 0.6 is 0 Å². The van der Waals surface area contributed by atoms with Gasteiger partial charge in [0.15, 0.2) is 0 Å². The van der Waals surface area contributed by atoms with Crippen molar-refractivity contribution in [3.63, 3.8) is 0 Å². The van der Waals surface area contributed by atoms with Gasteiger partial charge in [-0.1, -0.05) is 12.1 Å². The monoisotopic (exact) mass is 401 g/mol. The lowest BCUT2D eigenvalue weighted by molar-refractivity contribution is -0.140. The minimum Gasteiger partial charge on any atom is -0.507 e. The molecule has 3 heterocycles. The molecule has 30 heavy (non-hydrogen) atoms. The lowest BCUT2D eigenvalue weighted by atomic mass is 9.98. The number of aromatic nitrogens is 2. The molecule has 1 saturated heterocycles. The van der Waals surface area contributed by atoms with Crippen molar-refractivity contribution in [2.45, 2.75) is 12.6 Å². The van der Waals surface area contributed by atoms with E-state index in [4.69, 9.17) is 4.74 Å². The summed E-state index contributed by atoms with van der Waals surface area (Å²) in [5, 5.41) is 11.0. The minimum atomic E-state index is -0.812. The van der Waals surface area contributed by atoms with Crippen LogP contribution in [-0.4, -0.2) is 38.8 Å². The van der Waals surface area contributed by atoms with Crippen molar-refractivity contribution in [2.24, 2.45) is 0 Å². The minimum absolute atomic E-state index is 0.00718. The van der Waals surface area contributed by atoms with E-state index in [0.717, 1.165) is 5.56 Å².